The Balaban J connectivity index is 1.35. The first-order valence-electron chi connectivity index (χ1n) is 11.4. The van der Waals surface area contributed by atoms with E-state index in [1.807, 2.05) is 18.2 Å². The van der Waals surface area contributed by atoms with Gasteiger partial charge in [-0.3, -0.25) is 9.59 Å². The highest BCUT2D eigenvalue weighted by atomic mass is 16.5. The van der Waals surface area contributed by atoms with Crippen LogP contribution in [0, 0.1) is 6.92 Å². The van der Waals surface area contributed by atoms with E-state index in [0.717, 1.165) is 16.7 Å². The number of fused-ring (bicyclic) bond motifs is 1. The molecule has 3 aromatic rings. The molecule has 0 aliphatic carbocycles. The third-order valence-corrected chi connectivity index (χ3v) is 6.19. The van der Waals surface area contributed by atoms with Crippen molar-refractivity contribution in [2.75, 3.05) is 59.0 Å². The highest BCUT2D eigenvalue weighted by molar-refractivity contribution is 5.97. The number of anilines is 1. The quantitative estimate of drug-likeness (QED) is 0.558. The normalized spacial score (nSPS) is 13.5. The molecule has 1 aromatic heterocycles. The summed E-state index contributed by atoms with van der Waals surface area (Å²) in [4.78, 5) is 34.2. The Morgan fingerprint density at radius 3 is 2.23 bits per heavy atom. The molecule has 1 N–H and O–H groups in total. The number of para-hydroxylation sites is 1. The maximum Gasteiger partial charge on any atom is 0.251 e. The lowest BCUT2D eigenvalue weighted by atomic mass is 10.1. The topological polar surface area (TPSA) is 93.2 Å². The van der Waals surface area contributed by atoms with E-state index in [4.69, 9.17) is 19.2 Å². The Bertz CT molecular complexity index is 1210. The van der Waals surface area contributed by atoms with E-state index in [-0.39, 0.29) is 12.5 Å². The van der Waals surface area contributed by atoms with Crippen molar-refractivity contribution in [3.05, 3.63) is 53.6 Å². The molecule has 9 heteroatoms. The summed E-state index contributed by atoms with van der Waals surface area (Å²) >= 11 is 0. The van der Waals surface area contributed by atoms with Crippen molar-refractivity contribution in [1.82, 2.24) is 15.2 Å². The van der Waals surface area contributed by atoms with E-state index in [1.54, 1.807) is 17.0 Å². The SMILES string of the molecule is COc1cc(C(=O)NCC(=O)N2CCN(c3cc(C)c4ccccc4n3)CC2)cc(OC)c1OC. The number of aromatic nitrogens is 1. The zero-order valence-corrected chi connectivity index (χ0v) is 20.5. The molecule has 1 aliphatic heterocycles. The zero-order chi connectivity index (χ0) is 24.9. The predicted molar refractivity (Wildman–Crippen MR) is 134 cm³/mol. The second kappa shape index (κ2) is 10.5. The molecule has 1 saturated heterocycles. The fourth-order valence-corrected chi connectivity index (χ4v) is 4.26. The van der Waals surface area contributed by atoms with Gasteiger partial charge in [0.15, 0.2) is 11.5 Å². The van der Waals surface area contributed by atoms with E-state index in [2.05, 4.69) is 29.3 Å². The van der Waals surface area contributed by atoms with Crippen LogP contribution in [0.2, 0.25) is 0 Å². The Morgan fingerprint density at radius 1 is 0.943 bits per heavy atom. The van der Waals surface area contributed by atoms with Gasteiger partial charge < -0.3 is 29.3 Å². The summed E-state index contributed by atoms with van der Waals surface area (Å²) in [6.45, 7) is 4.47. The predicted octanol–water partition coefficient (Wildman–Crippen LogP) is 2.65. The number of nitrogens with one attached hydrogen (secondary N) is 1. The number of benzene rings is 2. The minimum Gasteiger partial charge on any atom is -0.493 e. The largest absolute Gasteiger partial charge is 0.493 e. The standard InChI is InChI=1S/C26H30N4O5/c1-17-13-23(28-20-8-6-5-7-19(17)20)29-9-11-30(12-10-29)24(31)16-27-26(32)18-14-21(33-2)25(35-4)22(15-18)34-3/h5-8,13-15H,9-12,16H2,1-4H3,(H,27,32). The van der Waals surface area contributed by atoms with Crippen LogP contribution in [0.1, 0.15) is 15.9 Å². The minimum atomic E-state index is -0.396. The summed E-state index contributed by atoms with van der Waals surface area (Å²) in [7, 11) is 4.46. The maximum absolute atomic E-state index is 12.8. The van der Waals surface area contributed by atoms with Crippen LogP contribution in [-0.2, 0) is 4.79 Å². The van der Waals surface area contributed by atoms with Crippen molar-refractivity contribution in [2.24, 2.45) is 0 Å². The molecule has 184 valence electrons. The molecule has 0 saturated carbocycles. The third-order valence-electron chi connectivity index (χ3n) is 6.19. The molecule has 4 rings (SSSR count). The number of aryl methyl sites for hydroxylation is 1. The van der Waals surface area contributed by atoms with Crippen LogP contribution in [0.15, 0.2) is 42.5 Å². The van der Waals surface area contributed by atoms with E-state index in [9.17, 15) is 9.59 Å². The van der Waals surface area contributed by atoms with Gasteiger partial charge in [0.2, 0.25) is 11.7 Å². The monoisotopic (exact) mass is 478 g/mol. The molecule has 2 amide bonds. The summed E-state index contributed by atoms with van der Waals surface area (Å²) < 4.78 is 15.9. The van der Waals surface area contributed by atoms with Gasteiger partial charge in [-0.25, -0.2) is 4.98 Å². The van der Waals surface area contributed by atoms with Crippen LogP contribution >= 0.6 is 0 Å². The molecule has 35 heavy (non-hydrogen) atoms. The number of pyridine rings is 1. The second-order valence-electron chi connectivity index (χ2n) is 8.28. The van der Waals surface area contributed by atoms with Gasteiger partial charge in [-0.2, -0.15) is 0 Å². The lowest BCUT2D eigenvalue weighted by Crippen LogP contribution is -2.51. The number of carbonyl (C=O) groups is 2. The van der Waals surface area contributed by atoms with E-state index >= 15 is 0 Å². The molecular weight excluding hydrogens is 448 g/mol. The van der Waals surface area contributed by atoms with Crippen molar-refractivity contribution in [3.63, 3.8) is 0 Å². The molecule has 0 spiro atoms. The lowest BCUT2D eigenvalue weighted by molar-refractivity contribution is -0.130. The van der Waals surface area contributed by atoms with E-state index in [0.29, 0.717) is 49.0 Å². The fourth-order valence-electron chi connectivity index (χ4n) is 4.26. The van der Waals surface area contributed by atoms with Crippen molar-refractivity contribution in [3.8, 4) is 17.2 Å². The van der Waals surface area contributed by atoms with Gasteiger partial charge in [-0.05, 0) is 36.8 Å². The van der Waals surface area contributed by atoms with Crippen LogP contribution in [0.3, 0.4) is 0 Å². The average molecular weight is 479 g/mol. The Labute approximate surface area is 204 Å². The van der Waals surface area contributed by atoms with Gasteiger partial charge in [-0.1, -0.05) is 18.2 Å². The number of hydrogen-bond donors (Lipinski definition) is 1. The molecule has 2 heterocycles. The van der Waals surface area contributed by atoms with Gasteiger partial charge >= 0.3 is 0 Å². The third kappa shape index (κ3) is 5.08. The van der Waals surface area contributed by atoms with Crippen LogP contribution in [0.4, 0.5) is 5.82 Å². The number of amides is 2. The Hall–Kier alpha value is -4.01. The number of methoxy groups -OCH3 is 3. The molecule has 0 unspecified atom stereocenters. The number of rotatable bonds is 7. The molecular formula is C26H30N4O5. The molecule has 9 nitrogen and oxygen atoms in total. The average Bonchev–Trinajstić information content (AvgIpc) is 2.90. The number of piperazine rings is 1. The first-order chi connectivity index (χ1) is 16.9. The number of carbonyl (C=O) groups excluding carboxylic acids is 2. The first-order valence-corrected chi connectivity index (χ1v) is 11.4. The minimum absolute atomic E-state index is 0.0944. The van der Waals surface area contributed by atoms with Crippen LogP contribution in [0.5, 0.6) is 17.2 Å². The first kappa shape index (κ1) is 24.1. The maximum atomic E-state index is 12.8. The van der Waals surface area contributed by atoms with Crippen molar-refractivity contribution >= 4 is 28.5 Å². The fraction of sp³-hybridized carbons (Fsp3) is 0.346. The van der Waals surface area contributed by atoms with Crippen molar-refractivity contribution in [2.45, 2.75) is 6.92 Å². The van der Waals surface area contributed by atoms with Crippen LogP contribution in [-0.4, -0.2) is 75.8 Å². The molecule has 2 aromatic carbocycles. The van der Waals surface area contributed by atoms with Crippen molar-refractivity contribution in [1.29, 1.82) is 0 Å². The Morgan fingerprint density at radius 2 is 1.60 bits per heavy atom. The summed E-state index contributed by atoms with van der Waals surface area (Å²) in [5.41, 5.74) is 2.46. The number of nitrogens with zero attached hydrogens (tertiary/aromatic N) is 3. The van der Waals surface area contributed by atoms with Gasteiger partial charge in [0, 0.05) is 37.1 Å². The Kier molecular flexibility index (Phi) is 7.24. The van der Waals surface area contributed by atoms with Gasteiger partial charge in [0.1, 0.15) is 5.82 Å². The highest BCUT2D eigenvalue weighted by Crippen LogP contribution is 2.38. The molecule has 1 aliphatic rings. The van der Waals surface area contributed by atoms with Crippen LogP contribution in [0.25, 0.3) is 10.9 Å². The lowest BCUT2D eigenvalue weighted by Gasteiger charge is -2.35. The van der Waals surface area contributed by atoms with E-state index < -0.39 is 5.91 Å². The molecule has 0 bridgehead atoms. The highest BCUT2D eigenvalue weighted by Gasteiger charge is 2.23. The summed E-state index contributed by atoms with van der Waals surface area (Å²) in [5, 5.41) is 3.84. The van der Waals surface area contributed by atoms with Gasteiger partial charge in [0.25, 0.3) is 5.91 Å². The van der Waals surface area contributed by atoms with Crippen LogP contribution < -0.4 is 24.4 Å². The molecule has 0 radical (unpaired) electrons. The van der Waals surface area contributed by atoms with Crippen molar-refractivity contribution < 1.29 is 23.8 Å². The summed E-state index contributed by atoms with van der Waals surface area (Å²) in [6.07, 6.45) is 0. The van der Waals surface area contributed by atoms with E-state index in [1.165, 1.54) is 26.9 Å². The number of hydrogen-bond acceptors (Lipinski definition) is 7. The zero-order valence-electron chi connectivity index (χ0n) is 20.5. The molecule has 0 atom stereocenters. The molecule has 1 fully saturated rings. The smallest absolute Gasteiger partial charge is 0.251 e. The number of ether oxygens (including phenoxy) is 3. The summed E-state index contributed by atoms with van der Waals surface area (Å²) in [6, 6.07) is 13.3. The summed E-state index contributed by atoms with van der Waals surface area (Å²) in [5.74, 6) is 1.54. The van der Waals surface area contributed by atoms with Gasteiger partial charge in [-0.15, -0.1) is 0 Å². The van der Waals surface area contributed by atoms with Gasteiger partial charge in [0.05, 0.1) is 33.4 Å². The second-order valence-corrected chi connectivity index (χ2v) is 8.28.